The molecule has 4 nitrogen and oxygen atoms in total. The molecular formula is C16H19N3O. The van der Waals surface area contributed by atoms with E-state index in [0.29, 0.717) is 0 Å². The molecule has 2 atom stereocenters. The molecule has 0 aromatic carbocycles. The molecule has 3 heterocycles. The van der Waals surface area contributed by atoms with Crippen molar-refractivity contribution in [2.45, 2.75) is 31.5 Å². The van der Waals surface area contributed by atoms with E-state index in [-0.39, 0.29) is 12.1 Å². The van der Waals surface area contributed by atoms with Gasteiger partial charge in [0.1, 0.15) is 0 Å². The number of hydrogen-bond acceptors (Lipinski definition) is 4. The normalized spacial score (nSPS) is 23.1. The van der Waals surface area contributed by atoms with E-state index < -0.39 is 0 Å². The summed E-state index contributed by atoms with van der Waals surface area (Å²) < 4.78 is 0. The molecule has 2 aromatic heterocycles. The first kappa shape index (κ1) is 13.2. The molecule has 1 fully saturated rings. The third kappa shape index (κ3) is 3.03. The largest absolute Gasteiger partial charge is 0.391 e. The minimum Gasteiger partial charge on any atom is -0.391 e. The zero-order valence-corrected chi connectivity index (χ0v) is 11.4. The topological polar surface area (TPSA) is 49.2 Å². The van der Waals surface area contributed by atoms with Crippen molar-refractivity contribution in [3.8, 4) is 0 Å². The van der Waals surface area contributed by atoms with Gasteiger partial charge in [-0.3, -0.25) is 14.9 Å². The molecule has 0 radical (unpaired) electrons. The summed E-state index contributed by atoms with van der Waals surface area (Å²) in [5.74, 6) is 0. The molecule has 3 rings (SSSR count). The molecule has 1 aliphatic rings. The van der Waals surface area contributed by atoms with E-state index in [0.717, 1.165) is 25.9 Å². The molecule has 1 saturated heterocycles. The lowest BCUT2D eigenvalue weighted by Crippen LogP contribution is -2.36. The smallest absolute Gasteiger partial charge is 0.0710 e. The van der Waals surface area contributed by atoms with E-state index in [1.807, 2.05) is 24.5 Å². The Morgan fingerprint density at radius 3 is 2.45 bits per heavy atom. The van der Waals surface area contributed by atoms with Gasteiger partial charge in [0.25, 0.3) is 0 Å². The summed E-state index contributed by atoms with van der Waals surface area (Å²) >= 11 is 0. The second-order valence-corrected chi connectivity index (χ2v) is 5.32. The van der Waals surface area contributed by atoms with Gasteiger partial charge in [0.15, 0.2) is 0 Å². The molecular weight excluding hydrogens is 250 g/mol. The van der Waals surface area contributed by atoms with Gasteiger partial charge in [0.2, 0.25) is 0 Å². The number of aromatic nitrogens is 2. The molecule has 1 aliphatic heterocycles. The predicted molar refractivity (Wildman–Crippen MR) is 77.0 cm³/mol. The fourth-order valence-corrected chi connectivity index (χ4v) is 2.85. The maximum atomic E-state index is 10.2. The Kier molecular flexibility index (Phi) is 4.04. The summed E-state index contributed by atoms with van der Waals surface area (Å²) in [7, 11) is 0. The van der Waals surface area contributed by atoms with Crippen molar-refractivity contribution in [1.29, 1.82) is 0 Å². The zero-order valence-electron chi connectivity index (χ0n) is 11.4. The third-order valence-electron chi connectivity index (χ3n) is 3.90. The van der Waals surface area contributed by atoms with Crippen molar-refractivity contribution in [3.05, 3.63) is 60.2 Å². The van der Waals surface area contributed by atoms with Crippen LogP contribution in [0.25, 0.3) is 0 Å². The molecule has 1 N–H and O–H groups in total. The number of hydrogen-bond donors (Lipinski definition) is 1. The summed E-state index contributed by atoms with van der Waals surface area (Å²) in [6.45, 7) is 1.77. The lowest BCUT2D eigenvalue weighted by atomic mass is 10.0. The molecule has 0 unspecified atom stereocenters. The van der Waals surface area contributed by atoms with Gasteiger partial charge >= 0.3 is 0 Å². The number of aliphatic hydroxyl groups excluding tert-OH is 1. The van der Waals surface area contributed by atoms with Gasteiger partial charge in [0.05, 0.1) is 6.10 Å². The minimum atomic E-state index is -0.258. The lowest BCUT2D eigenvalue weighted by Gasteiger charge is -2.26. The molecule has 20 heavy (non-hydrogen) atoms. The van der Waals surface area contributed by atoms with E-state index in [9.17, 15) is 5.11 Å². The second kappa shape index (κ2) is 6.11. The van der Waals surface area contributed by atoms with Gasteiger partial charge in [-0.25, -0.2) is 0 Å². The molecule has 4 heteroatoms. The summed E-state index contributed by atoms with van der Waals surface area (Å²) in [6, 6.07) is 8.22. The van der Waals surface area contributed by atoms with Gasteiger partial charge in [-0.2, -0.15) is 0 Å². The number of nitrogens with zero attached hydrogens (tertiary/aromatic N) is 3. The van der Waals surface area contributed by atoms with Crippen LogP contribution in [0.15, 0.2) is 49.1 Å². The molecule has 104 valence electrons. The monoisotopic (exact) mass is 269 g/mol. The van der Waals surface area contributed by atoms with Crippen LogP contribution in [-0.4, -0.2) is 38.7 Å². The van der Waals surface area contributed by atoms with Gasteiger partial charge in [-0.05, 0) is 36.1 Å². The fourth-order valence-electron chi connectivity index (χ4n) is 2.85. The van der Waals surface area contributed by atoms with Gasteiger partial charge in [0, 0.05) is 43.9 Å². The van der Waals surface area contributed by atoms with Crippen LogP contribution >= 0.6 is 0 Å². The van der Waals surface area contributed by atoms with Crippen molar-refractivity contribution in [3.63, 3.8) is 0 Å². The van der Waals surface area contributed by atoms with E-state index in [4.69, 9.17) is 0 Å². The first-order valence-electron chi connectivity index (χ1n) is 7.03. The number of rotatable bonds is 4. The maximum absolute atomic E-state index is 10.2. The number of aliphatic hydroxyl groups is 1. The van der Waals surface area contributed by atoms with Crippen LogP contribution in [-0.2, 0) is 13.0 Å². The average molecular weight is 269 g/mol. The Morgan fingerprint density at radius 2 is 1.80 bits per heavy atom. The lowest BCUT2D eigenvalue weighted by molar-refractivity contribution is 0.112. The summed E-state index contributed by atoms with van der Waals surface area (Å²) in [5, 5.41) is 10.2. The molecule has 2 aromatic rings. The highest BCUT2D eigenvalue weighted by Crippen LogP contribution is 2.23. The van der Waals surface area contributed by atoms with E-state index in [1.165, 1.54) is 11.1 Å². The summed E-state index contributed by atoms with van der Waals surface area (Å²) in [5.41, 5.74) is 2.37. The predicted octanol–water partition coefficient (Wildman–Crippen LogP) is 1.65. The second-order valence-electron chi connectivity index (χ2n) is 5.32. The minimum absolute atomic E-state index is 0.166. The average Bonchev–Trinajstić information content (AvgIpc) is 2.83. The van der Waals surface area contributed by atoms with Crippen LogP contribution in [0.4, 0.5) is 0 Å². The van der Waals surface area contributed by atoms with Crippen molar-refractivity contribution < 1.29 is 5.11 Å². The molecule has 0 saturated carbocycles. The molecule has 0 bridgehead atoms. The van der Waals surface area contributed by atoms with Gasteiger partial charge in [-0.1, -0.05) is 12.1 Å². The van der Waals surface area contributed by atoms with Crippen LogP contribution in [0, 0.1) is 0 Å². The van der Waals surface area contributed by atoms with E-state index >= 15 is 0 Å². The third-order valence-corrected chi connectivity index (χ3v) is 3.90. The highest BCUT2D eigenvalue weighted by Gasteiger charge is 2.32. The van der Waals surface area contributed by atoms with E-state index in [2.05, 4.69) is 27.0 Å². The molecule has 0 spiro atoms. The first-order chi connectivity index (χ1) is 9.83. The first-order valence-corrected chi connectivity index (χ1v) is 7.03. The molecule has 0 amide bonds. The standard InChI is InChI=1S/C16H19N3O/c20-16-5-8-19(12-14-4-2-7-18-11-14)15(16)9-13-3-1-6-17-10-13/h1-4,6-7,10-11,15-16,20H,5,8-9,12H2/t15-,16+/m0/s1. The number of pyridine rings is 2. The fraction of sp³-hybridized carbons (Fsp3) is 0.375. The number of likely N-dealkylation sites (tertiary alicyclic amines) is 1. The van der Waals surface area contributed by atoms with Crippen LogP contribution in [0.5, 0.6) is 0 Å². The Labute approximate surface area is 119 Å². The highest BCUT2D eigenvalue weighted by atomic mass is 16.3. The quantitative estimate of drug-likeness (QED) is 0.917. The van der Waals surface area contributed by atoms with Crippen molar-refractivity contribution in [1.82, 2.24) is 14.9 Å². The zero-order chi connectivity index (χ0) is 13.8. The highest BCUT2D eigenvalue weighted by molar-refractivity contribution is 5.13. The van der Waals surface area contributed by atoms with Gasteiger partial charge < -0.3 is 5.11 Å². The van der Waals surface area contributed by atoms with Crippen LogP contribution in [0.3, 0.4) is 0 Å². The summed E-state index contributed by atoms with van der Waals surface area (Å²) in [6.07, 6.45) is 8.77. The van der Waals surface area contributed by atoms with Crippen molar-refractivity contribution >= 4 is 0 Å². The SMILES string of the molecule is O[C@@H]1CCN(Cc2cccnc2)[C@H]1Cc1cccnc1. The Balaban J connectivity index is 1.70. The van der Waals surface area contributed by atoms with E-state index in [1.54, 1.807) is 12.4 Å². The van der Waals surface area contributed by atoms with Gasteiger partial charge in [-0.15, -0.1) is 0 Å². The molecule has 0 aliphatic carbocycles. The maximum Gasteiger partial charge on any atom is 0.0710 e. The van der Waals surface area contributed by atoms with Crippen LogP contribution in [0.1, 0.15) is 17.5 Å². The van der Waals surface area contributed by atoms with Crippen molar-refractivity contribution in [2.75, 3.05) is 6.54 Å². The summed E-state index contributed by atoms with van der Waals surface area (Å²) in [4.78, 5) is 10.6. The Hall–Kier alpha value is -1.78. The Morgan fingerprint density at radius 1 is 1.10 bits per heavy atom. The van der Waals surface area contributed by atoms with Crippen LogP contribution in [0.2, 0.25) is 0 Å². The van der Waals surface area contributed by atoms with Crippen molar-refractivity contribution in [2.24, 2.45) is 0 Å². The van der Waals surface area contributed by atoms with Crippen LogP contribution < -0.4 is 0 Å². The Bertz CT molecular complexity index is 532.